The average molecular weight is 626 g/mol. The second-order valence-electron chi connectivity index (χ2n) is 9.88. The molecule has 0 spiro atoms. The zero-order chi connectivity index (χ0) is 29.2. The molecular weight excluding hydrogens is 591 g/mol. The van der Waals surface area contributed by atoms with Crippen LogP contribution in [0.3, 0.4) is 0 Å². The van der Waals surface area contributed by atoms with Gasteiger partial charge < -0.3 is 14.8 Å². The molecule has 3 N–H and O–H groups in total. The first-order valence-electron chi connectivity index (χ1n) is 13.5. The number of nitrogens with one attached hydrogen (secondary N) is 2. The van der Waals surface area contributed by atoms with Crippen molar-refractivity contribution in [1.82, 2.24) is 20.6 Å². The van der Waals surface area contributed by atoms with E-state index in [4.69, 9.17) is 32.7 Å². The topological polar surface area (TPSA) is 120 Å². The average Bonchev–Trinajstić information content (AvgIpc) is 3.48. The number of halogens is 2. The number of hydrogen-bond acceptors (Lipinski definition) is 8. The molecule has 0 aliphatic carbocycles. The lowest BCUT2D eigenvalue weighted by Gasteiger charge is -2.27. The highest BCUT2D eigenvalue weighted by atomic mass is 35.5. The molecule has 4 rings (SSSR count). The number of likely N-dealkylation sites (tertiary alicyclic amines) is 1. The summed E-state index contributed by atoms with van der Waals surface area (Å²) in [5.41, 5.74) is 3.01. The molecule has 2 aliphatic rings. The Bertz CT molecular complexity index is 1180. The Labute approximate surface area is 253 Å². The monoisotopic (exact) mass is 624 g/mol. The summed E-state index contributed by atoms with van der Waals surface area (Å²) >= 11 is 13.8. The van der Waals surface area contributed by atoms with Gasteiger partial charge in [0.25, 0.3) is 5.91 Å². The van der Waals surface area contributed by atoms with Crippen molar-refractivity contribution in [3.05, 3.63) is 63.6 Å². The number of hydrogen-bond donors (Lipinski definition) is 3. The minimum atomic E-state index is -1.07. The van der Waals surface area contributed by atoms with Gasteiger partial charge in [0.1, 0.15) is 31.0 Å². The number of carbonyl (C=O) groups excluding carboxylic acids is 3. The summed E-state index contributed by atoms with van der Waals surface area (Å²) in [4.78, 5) is 41.9. The quantitative estimate of drug-likeness (QED) is 0.252. The molecule has 2 aromatic rings. The van der Waals surface area contributed by atoms with Gasteiger partial charge in [-0.2, -0.15) is 0 Å². The number of piperidine rings is 1. The molecule has 0 saturated carbocycles. The van der Waals surface area contributed by atoms with Crippen LogP contribution in [-0.4, -0.2) is 82.9 Å². The van der Waals surface area contributed by atoms with Gasteiger partial charge in [0.15, 0.2) is 0 Å². The summed E-state index contributed by atoms with van der Waals surface area (Å²) in [5, 5.41) is 13.0. The number of hydroxylamine groups is 1. The van der Waals surface area contributed by atoms with Gasteiger partial charge in [0.05, 0.1) is 5.88 Å². The largest absolute Gasteiger partial charge is 0.489 e. The zero-order valence-electron chi connectivity index (χ0n) is 22.5. The number of amides is 3. The van der Waals surface area contributed by atoms with Crippen LogP contribution in [0.2, 0.25) is 10.0 Å². The smallest absolute Gasteiger partial charge is 0.411 e. The summed E-state index contributed by atoms with van der Waals surface area (Å²) in [5.74, 6) is -0.00347. The fourth-order valence-corrected chi connectivity index (χ4v) is 6.35. The van der Waals surface area contributed by atoms with Crippen molar-refractivity contribution in [2.24, 2.45) is 0 Å². The highest BCUT2D eigenvalue weighted by molar-refractivity contribution is 7.99. The van der Waals surface area contributed by atoms with E-state index < -0.39 is 30.0 Å². The molecule has 0 bridgehead atoms. The van der Waals surface area contributed by atoms with E-state index in [1.807, 2.05) is 0 Å². The Balaban J connectivity index is 1.30. The standard InChI is InChI=1S/C28H34Cl2N4O6S/c29-22-5-4-6-23(30)21(22)16-40-20-9-7-19(8-10-20)15-24(26(35)32-38)31-27(36)25-17-41-18-34(25)28(37)39-14-13-33-11-2-1-3-12-33/h4-10,24-25,38H,1-3,11-18H2,(H,31,36)(H,32,35). The number of ether oxygens (including phenoxy) is 2. The Morgan fingerprint density at radius 1 is 1.05 bits per heavy atom. The molecule has 222 valence electrons. The molecule has 13 heteroatoms. The van der Waals surface area contributed by atoms with Gasteiger partial charge >= 0.3 is 6.09 Å². The maximum absolute atomic E-state index is 13.1. The maximum atomic E-state index is 13.1. The summed E-state index contributed by atoms with van der Waals surface area (Å²) in [7, 11) is 0. The molecule has 2 unspecified atom stereocenters. The number of nitrogens with zero attached hydrogens (tertiary/aromatic N) is 2. The van der Waals surface area contributed by atoms with E-state index in [1.165, 1.54) is 23.1 Å². The molecule has 10 nitrogen and oxygen atoms in total. The molecule has 2 saturated heterocycles. The molecular formula is C28H34Cl2N4O6S. The Morgan fingerprint density at radius 3 is 2.44 bits per heavy atom. The first-order chi connectivity index (χ1) is 19.9. The Hall–Kier alpha value is -2.70. The van der Waals surface area contributed by atoms with Gasteiger partial charge in [0.2, 0.25) is 5.91 Å². The maximum Gasteiger partial charge on any atom is 0.411 e. The lowest BCUT2D eigenvalue weighted by molar-refractivity contribution is -0.135. The molecule has 3 amide bonds. The highest BCUT2D eigenvalue weighted by Crippen LogP contribution is 2.26. The Kier molecular flexibility index (Phi) is 11.8. The van der Waals surface area contributed by atoms with Crippen LogP contribution in [0, 0.1) is 0 Å². The van der Waals surface area contributed by atoms with Gasteiger partial charge in [-0.05, 0) is 55.8 Å². The molecule has 2 atom stereocenters. The van der Waals surface area contributed by atoms with E-state index in [0.29, 0.717) is 39.5 Å². The second-order valence-corrected chi connectivity index (χ2v) is 11.7. The Morgan fingerprint density at radius 2 is 1.76 bits per heavy atom. The van der Waals surface area contributed by atoms with Crippen LogP contribution in [0.1, 0.15) is 30.4 Å². The van der Waals surface area contributed by atoms with Crippen LogP contribution in [0.15, 0.2) is 42.5 Å². The zero-order valence-corrected chi connectivity index (χ0v) is 24.8. The van der Waals surface area contributed by atoms with Gasteiger partial charge in [-0.3, -0.25) is 24.6 Å². The fourth-order valence-electron chi connectivity index (χ4n) is 4.71. The van der Waals surface area contributed by atoms with Crippen LogP contribution in [0.25, 0.3) is 0 Å². The predicted molar refractivity (Wildman–Crippen MR) is 157 cm³/mol. The van der Waals surface area contributed by atoms with Crippen LogP contribution >= 0.6 is 35.0 Å². The molecule has 2 fully saturated rings. The van der Waals surface area contributed by atoms with E-state index in [1.54, 1.807) is 47.9 Å². The van der Waals surface area contributed by atoms with E-state index in [9.17, 15) is 19.6 Å². The first-order valence-corrected chi connectivity index (χ1v) is 15.4. The third-order valence-electron chi connectivity index (χ3n) is 7.05. The number of thioether (sulfide) groups is 1. The van der Waals surface area contributed by atoms with Crippen molar-refractivity contribution in [3.8, 4) is 5.75 Å². The van der Waals surface area contributed by atoms with E-state index in [2.05, 4.69) is 10.2 Å². The van der Waals surface area contributed by atoms with Crippen molar-refractivity contribution in [2.75, 3.05) is 37.9 Å². The summed E-state index contributed by atoms with van der Waals surface area (Å²) < 4.78 is 11.3. The number of carbonyl (C=O) groups is 3. The van der Waals surface area contributed by atoms with Gasteiger partial charge in [-0.1, -0.05) is 47.8 Å². The highest BCUT2D eigenvalue weighted by Gasteiger charge is 2.37. The molecule has 2 aromatic carbocycles. The molecule has 2 heterocycles. The number of benzene rings is 2. The molecule has 0 radical (unpaired) electrons. The number of rotatable bonds is 11. The second kappa shape index (κ2) is 15.5. The third-order valence-corrected chi connectivity index (χ3v) is 8.77. The van der Waals surface area contributed by atoms with Gasteiger partial charge in [-0.25, -0.2) is 10.3 Å². The van der Waals surface area contributed by atoms with Crippen LogP contribution in [-0.2, 0) is 27.4 Å². The van der Waals surface area contributed by atoms with Crippen molar-refractivity contribution in [3.63, 3.8) is 0 Å². The van der Waals surface area contributed by atoms with Crippen molar-refractivity contribution >= 4 is 52.9 Å². The third kappa shape index (κ3) is 8.89. The lowest BCUT2D eigenvalue weighted by Crippen LogP contribution is -2.54. The van der Waals surface area contributed by atoms with Gasteiger partial charge in [-0.15, -0.1) is 11.8 Å². The summed E-state index contributed by atoms with van der Waals surface area (Å²) in [6.45, 7) is 3.11. The SMILES string of the molecule is O=C(NO)C(Cc1ccc(OCc2c(Cl)cccc2Cl)cc1)NC(=O)C1CSCN1C(=O)OCCN1CCCCC1. The summed E-state index contributed by atoms with van der Waals surface area (Å²) in [6, 6.07) is 10.3. The molecule has 0 aromatic heterocycles. The fraction of sp³-hybridized carbons (Fsp3) is 0.464. The van der Waals surface area contributed by atoms with Crippen LogP contribution in [0.5, 0.6) is 5.75 Å². The van der Waals surface area contributed by atoms with E-state index in [0.717, 1.165) is 31.5 Å². The minimum absolute atomic E-state index is 0.106. The normalized spacial score (nSPS) is 18.0. The minimum Gasteiger partial charge on any atom is -0.489 e. The van der Waals surface area contributed by atoms with Crippen molar-refractivity contribution < 1.29 is 29.1 Å². The lowest BCUT2D eigenvalue weighted by atomic mass is 10.0. The van der Waals surface area contributed by atoms with E-state index in [-0.39, 0.29) is 19.6 Å². The van der Waals surface area contributed by atoms with Crippen molar-refractivity contribution in [2.45, 2.75) is 44.4 Å². The van der Waals surface area contributed by atoms with Crippen LogP contribution < -0.4 is 15.5 Å². The molecule has 41 heavy (non-hydrogen) atoms. The predicted octanol–water partition coefficient (Wildman–Crippen LogP) is 4.10. The van der Waals surface area contributed by atoms with E-state index >= 15 is 0 Å². The molecule has 2 aliphatic heterocycles. The summed E-state index contributed by atoms with van der Waals surface area (Å²) in [6.07, 6.45) is 3.09. The van der Waals surface area contributed by atoms with Crippen LogP contribution in [0.4, 0.5) is 4.79 Å². The first kappa shape index (κ1) is 31.2. The van der Waals surface area contributed by atoms with Crippen molar-refractivity contribution in [1.29, 1.82) is 0 Å². The van der Waals surface area contributed by atoms with Gasteiger partial charge in [0, 0.05) is 34.3 Å².